The zero-order valence-corrected chi connectivity index (χ0v) is 16.2. The molecule has 10 nitrogen and oxygen atoms in total. The minimum absolute atomic E-state index is 0. The van der Waals surface area contributed by atoms with E-state index in [-0.39, 0.29) is 79.1 Å². The maximum Gasteiger partial charge on any atom is 1.00 e. The summed E-state index contributed by atoms with van der Waals surface area (Å²) >= 11 is 0. The molecule has 1 saturated heterocycles. The molecule has 0 saturated carbocycles. The number of aliphatic hydroxyl groups excluding tert-OH is 3. The Kier molecular flexibility index (Phi) is 7.02. The van der Waals surface area contributed by atoms with Crippen LogP contribution in [0, 0.1) is 0 Å². The van der Waals surface area contributed by atoms with Crippen LogP contribution in [0.4, 0.5) is 5.95 Å². The number of nitrogens with two attached hydrogens (primary N) is 1. The molecular formula is C10H15N5Na2O5. The molecule has 12 heteroatoms. The van der Waals surface area contributed by atoms with Crippen LogP contribution in [0.3, 0.4) is 0 Å². The van der Waals surface area contributed by atoms with Gasteiger partial charge < -0.3 is 28.6 Å². The molecule has 22 heavy (non-hydrogen) atoms. The number of anilines is 1. The summed E-state index contributed by atoms with van der Waals surface area (Å²) in [6, 6.07) is 0. The van der Waals surface area contributed by atoms with Crippen molar-refractivity contribution in [3.05, 3.63) is 16.7 Å². The number of nitrogens with one attached hydrogen (secondary N) is 1. The number of rotatable bonds is 2. The molecule has 0 radical (unpaired) electrons. The SMILES string of the molecule is Nc1nc2c(ncn2[C@@H]2O[C@H](CO)[C@@H](O)[C@H]2O)c(=O)[nH]1.[H-].[H-].[Na+].[Na+]. The van der Waals surface area contributed by atoms with Crippen LogP contribution < -0.4 is 70.4 Å². The number of nitrogen functional groups attached to an aromatic ring is 1. The second kappa shape index (κ2) is 7.71. The summed E-state index contributed by atoms with van der Waals surface area (Å²) < 4.78 is 6.64. The van der Waals surface area contributed by atoms with Crippen molar-refractivity contribution < 1.29 is 82.0 Å². The maximum absolute atomic E-state index is 11.7. The number of aliphatic hydroxyl groups is 3. The molecule has 112 valence electrons. The molecule has 3 heterocycles. The predicted octanol–water partition coefficient (Wildman–Crippen LogP) is -8.45. The van der Waals surface area contributed by atoms with Crippen molar-refractivity contribution in [3.63, 3.8) is 0 Å². The van der Waals surface area contributed by atoms with Crippen LogP contribution in [0.5, 0.6) is 0 Å². The Bertz CT molecular complexity index is 716. The molecule has 1 aliphatic heterocycles. The van der Waals surface area contributed by atoms with Gasteiger partial charge in [0.05, 0.1) is 12.9 Å². The van der Waals surface area contributed by atoms with Gasteiger partial charge in [0.1, 0.15) is 18.3 Å². The molecule has 2 aromatic heterocycles. The summed E-state index contributed by atoms with van der Waals surface area (Å²) in [4.78, 5) is 21.8. The second-order valence-electron chi connectivity index (χ2n) is 4.50. The first-order valence-electron chi connectivity index (χ1n) is 5.87. The van der Waals surface area contributed by atoms with E-state index < -0.39 is 36.7 Å². The van der Waals surface area contributed by atoms with E-state index in [0.717, 1.165) is 0 Å². The van der Waals surface area contributed by atoms with Gasteiger partial charge in [0.15, 0.2) is 17.4 Å². The van der Waals surface area contributed by atoms with Gasteiger partial charge in [0.25, 0.3) is 5.56 Å². The van der Waals surface area contributed by atoms with Crippen LogP contribution in [0.1, 0.15) is 9.08 Å². The van der Waals surface area contributed by atoms with Crippen LogP contribution >= 0.6 is 0 Å². The Morgan fingerprint density at radius 2 is 2.09 bits per heavy atom. The molecule has 3 rings (SSSR count). The van der Waals surface area contributed by atoms with Crippen molar-refractivity contribution in [2.75, 3.05) is 12.3 Å². The molecule has 0 bridgehead atoms. The van der Waals surface area contributed by atoms with E-state index in [2.05, 4.69) is 15.0 Å². The summed E-state index contributed by atoms with van der Waals surface area (Å²) in [7, 11) is 0. The number of hydrogen-bond donors (Lipinski definition) is 5. The van der Waals surface area contributed by atoms with Crippen LogP contribution in [-0.4, -0.2) is 59.8 Å². The summed E-state index contributed by atoms with van der Waals surface area (Å²) in [5, 5.41) is 28.7. The Morgan fingerprint density at radius 1 is 1.41 bits per heavy atom. The van der Waals surface area contributed by atoms with E-state index >= 15 is 0 Å². The minimum atomic E-state index is -1.29. The van der Waals surface area contributed by atoms with E-state index in [1.807, 2.05) is 0 Å². The number of fused-ring (bicyclic) bond motifs is 1. The molecule has 1 fully saturated rings. The third-order valence-corrected chi connectivity index (χ3v) is 3.24. The van der Waals surface area contributed by atoms with Crippen molar-refractivity contribution in [3.8, 4) is 0 Å². The van der Waals surface area contributed by atoms with Gasteiger partial charge in [-0.2, -0.15) is 4.98 Å². The molecule has 4 atom stereocenters. The Labute approximate surface area is 171 Å². The van der Waals surface area contributed by atoms with E-state index in [9.17, 15) is 15.0 Å². The molecule has 6 N–H and O–H groups in total. The number of aromatic nitrogens is 4. The van der Waals surface area contributed by atoms with Crippen LogP contribution in [0.15, 0.2) is 11.1 Å². The monoisotopic (exact) mass is 331 g/mol. The number of imidazole rings is 1. The topological polar surface area (TPSA) is 160 Å². The largest absolute Gasteiger partial charge is 1.00 e. The van der Waals surface area contributed by atoms with Crippen molar-refractivity contribution in [2.24, 2.45) is 0 Å². The normalized spacial score (nSPS) is 27.4. The summed E-state index contributed by atoms with van der Waals surface area (Å²) in [5.74, 6) is -0.101. The fourth-order valence-corrected chi connectivity index (χ4v) is 2.24. The maximum atomic E-state index is 11.7. The van der Waals surface area contributed by atoms with Gasteiger partial charge in [-0.05, 0) is 0 Å². The van der Waals surface area contributed by atoms with Crippen LogP contribution in [0.25, 0.3) is 11.2 Å². The predicted molar refractivity (Wildman–Crippen MR) is 67.8 cm³/mol. The van der Waals surface area contributed by atoms with E-state index in [4.69, 9.17) is 15.6 Å². The Morgan fingerprint density at radius 3 is 2.68 bits per heavy atom. The van der Waals surface area contributed by atoms with E-state index in [1.54, 1.807) is 0 Å². The van der Waals surface area contributed by atoms with Gasteiger partial charge >= 0.3 is 59.1 Å². The Hall–Kier alpha value is -0.0100. The minimum Gasteiger partial charge on any atom is -1.00 e. The first-order valence-corrected chi connectivity index (χ1v) is 5.87. The molecule has 2 aromatic rings. The van der Waals surface area contributed by atoms with Crippen LogP contribution in [0.2, 0.25) is 0 Å². The van der Waals surface area contributed by atoms with Gasteiger partial charge in [0.2, 0.25) is 5.95 Å². The molecule has 0 spiro atoms. The fourth-order valence-electron chi connectivity index (χ4n) is 2.24. The van der Waals surface area contributed by atoms with Gasteiger partial charge in [-0.15, -0.1) is 0 Å². The van der Waals surface area contributed by atoms with Gasteiger partial charge in [-0.25, -0.2) is 4.98 Å². The third-order valence-electron chi connectivity index (χ3n) is 3.24. The Balaban J connectivity index is 0. The van der Waals surface area contributed by atoms with Crippen molar-refractivity contribution in [2.45, 2.75) is 24.5 Å². The number of hydrogen-bond acceptors (Lipinski definition) is 8. The second-order valence-corrected chi connectivity index (χ2v) is 4.50. The molecule has 0 aliphatic carbocycles. The fraction of sp³-hybridized carbons (Fsp3) is 0.500. The molecular weight excluding hydrogens is 316 g/mol. The first-order chi connectivity index (χ1) is 9.52. The number of nitrogens with zero attached hydrogens (tertiary/aromatic N) is 3. The standard InChI is InChI=1S/C10H13N5O5.2Na.2H/c11-10-13-7-4(8(19)14-10)12-2-15(7)9-6(18)5(17)3(1-16)20-9;;;;/h2-3,5-6,9,16-18H,1H2,(H3,11,13,14,19);;;;/q;2*+1;2*-1/t3-,5-,6-,9-;;;;/m1..../s1. The smallest absolute Gasteiger partial charge is 1.00 e. The zero-order chi connectivity index (χ0) is 14.4. The van der Waals surface area contributed by atoms with Crippen molar-refractivity contribution >= 4 is 17.1 Å². The van der Waals surface area contributed by atoms with Crippen molar-refractivity contribution in [1.82, 2.24) is 19.5 Å². The number of H-pyrrole nitrogens is 1. The van der Waals surface area contributed by atoms with Gasteiger partial charge in [-0.1, -0.05) is 0 Å². The quantitative estimate of drug-likeness (QED) is 0.339. The first kappa shape index (κ1) is 20.0. The average molecular weight is 331 g/mol. The summed E-state index contributed by atoms with van der Waals surface area (Å²) in [6.45, 7) is -0.447. The summed E-state index contributed by atoms with van der Waals surface area (Å²) in [5.41, 5.74) is 5.12. The molecule has 0 aromatic carbocycles. The van der Waals surface area contributed by atoms with E-state index in [0.29, 0.717) is 0 Å². The average Bonchev–Trinajstić information content (AvgIpc) is 2.93. The molecule has 0 unspecified atom stereocenters. The summed E-state index contributed by atoms with van der Waals surface area (Å²) in [6.07, 6.45) is -3.21. The number of aromatic amines is 1. The zero-order valence-electron chi connectivity index (χ0n) is 14.2. The third kappa shape index (κ3) is 3.26. The van der Waals surface area contributed by atoms with Crippen LogP contribution in [-0.2, 0) is 4.74 Å². The molecule has 0 amide bonds. The van der Waals surface area contributed by atoms with E-state index in [1.165, 1.54) is 10.9 Å². The van der Waals surface area contributed by atoms with Gasteiger partial charge in [-0.3, -0.25) is 14.3 Å². The molecule has 1 aliphatic rings. The van der Waals surface area contributed by atoms with Crippen molar-refractivity contribution in [1.29, 1.82) is 0 Å². The van der Waals surface area contributed by atoms with Gasteiger partial charge in [0, 0.05) is 0 Å². The number of ether oxygens (including phenoxy) is 1.